The van der Waals surface area contributed by atoms with Crippen molar-refractivity contribution in [3.8, 4) is 0 Å². The summed E-state index contributed by atoms with van der Waals surface area (Å²) in [6.07, 6.45) is 3.90. The molecular formula is C17H29N3O2S. The first-order chi connectivity index (χ1) is 10.7. The molecular weight excluding hydrogens is 310 g/mol. The zero-order valence-corrected chi connectivity index (χ0v) is 15.7. The Morgan fingerprint density at radius 1 is 1.57 bits per heavy atom. The number of amides is 1. The van der Waals surface area contributed by atoms with Crippen molar-refractivity contribution in [1.82, 2.24) is 15.2 Å². The summed E-state index contributed by atoms with van der Waals surface area (Å²) >= 11 is 1.73. The number of carbonyl (C=O) groups excluding carboxylic acids is 1. The summed E-state index contributed by atoms with van der Waals surface area (Å²) in [6, 6.07) is 0.351. The molecule has 1 N–H and O–H groups in total. The first kappa shape index (κ1) is 18.2. The Bertz CT molecular complexity index is 524. The summed E-state index contributed by atoms with van der Waals surface area (Å²) in [5.41, 5.74) is -0.434. The maximum Gasteiger partial charge on any atom is 0.410 e. The normalized spacial score (nSPS) is 20.4. The minimum Gasteiger partial charge on any atom is -0.444 e. The van der Waals surface area contributed by atoms with Gasteiger partial charge in [-0.15, -0.1) is 11.3 Å². The number of hydrogen-bond donors (Lipinski definition) is 1. The van der Waals surface area contributed by atoms with Gasteiger partial charge in [0.05, 0.1) is 0 Å². The molecule has 2 atom stereocenters. The van der Waals surface area contributed by atoms with Crippen LogP contribution in [-0.2, 0) is 11.3 Å². The van der Waals surface area contributed by atoms with Crippen molar-refractivity contribution < 1.29 is 9.53 Å². The predicted octanol–water partition coefficient (Wildman–Crippen LogP) is 3.58. The van der Waals surface area contributed by atoms with Crippen LogP contribution < -0.4 is 5.32 Å². The quantitative estimate of drug-likeness (QED) is 0.911. The average molecular weight is 340 g/mol. The maximum atomic E-state index is 12.2. The third-order valence-corrected chi connectivity index (χ3v) is 4.97. The largest absolute Gasteiger partial charge is 0.444 e. The summed E-state index contributed by atoms with van der Waals surface area (Å²) in [6.45, 7) is 12.4. The Balaban J connectivity index is 1.83. The number of rotatable bonds is 4. The highest BCUT2D eigenvalue weighted by Gasteiger charge is 2.30. The van der Waals surface area contributed by atoms with E-state index in [2.05, 4.69) is 24.1 Å². The molecule has 2 rings (SSSR count). The lowest BCUT2D eigenvalue weighted by atomic mass is 9.92. The van der Waals surface area contributed by atoms with E-state index in [0.29, 0.717) is 12.0 Å². The van der Waals surface area contributed by atoms with E-state index in [1.54, 1.807) is 11.3 Å². The van der Waals surface area contributed by atoms with E-state index in [9.17, 15) is 4.79 Å². The smallest absolute Gasteiger partial charge is 0.410 e. The van der Waals surface area contributed by atoms with Crippen LogP contribution >= 0.6 is 11.3 Å². The van der Waals surface area contributed by atoms with Crippen LogP contribution in [0.15, 0.2) is 6.20 Å². The molecule has 1 fully saturated rings. The number of nitrogens with one attached hydrogen (secondary N) is 1. The van der Waals surface area contributed by atoms with Gasteiger partial charge in [-0.1, -0.05) is 0 Å². The lowest BCUT2D eigenvalue weighted by molar-refractivity contribution is 0.0148. The van der Waals surface area contributed by atoms with E-state index in [-0.39, 0.29) is 6.09 Å². The SMILES string of the molecule is Cc1cnc(CN[C@@H](C)[C@@H]2CCCN(C(=O)OC(C)(C)C)C2)s1. The highest BCUT2D eigenvalue weighted by atomic mass is 32.1. The fourth-order valence-corrected chi connectivity index (χ4v) is 3.55. The number of thiazole rings is 1. The fourth-order valence-electron chi connectivity index (χ4n) is 2.81. The third kappa shape index (κ3) is 5.77. The first-order valence-electron chi connectivity index (χ1n) is 8.37. The zero-order valence-electron chi connectivity index (χ0n) is 14.9. The maximum absolute atomic E-state index is 12.2. The summed E-state index contributed by atoms with van der Waals surface area (Å²) in [5.74, 6) is 0.456. The number of piperidine rings is 1. The highest BCUT2D eigenvalue weighted by Crippen LogP contribution is 2.22. The van der Waals surface area contributed by atoms with Crippen LogP contribution in [0.2, 0.25) is 0 Å². The molecule has 1 saturated heterocycles. The molecule has 1 aromatic rings. The standard InChI is InChI=1S/C17H29N3O2S/c1-12-9-19-15(23-12)10-18-13(2)14-7-6-8-20(11-14)16(21)22-17(3,4)5/h9,13-14,18H,6-8,10-11H2,1-5H3/t13-,14+/m0/s1. The molecule has 0 unspecified atom stereocenters. The molecule has 0 aromatic carbocycles. The molecule has 0 radical (unpaired) electrons. The molecule has 0 spiro atoms. The molecule has 1 amide bonds. The Labute approximate surface area is 143 Å². The number of nitrogens with zero attached hydrogens (tertiary/aromatic N) is 2. The molecule has 2 heterocycles. The van der Waals surface area contributed by atoms with Crippen LogP contribution in [0.25, 0.3) is 0 Å². The molecule has 1 aliphatic rings. The van der Waals surface area contributed by atoms with Gasteiger partial charge in [0.1, 0.15) is 10.6 Å². The number of aromatic nitrogens is 1. The zero-order chi connectivity index (χ0) is 17.0. The predicted molar refractivity (Wildman–Crippen MR) is 93.7 cm³/mol. The van der Waals surface area contributed by atoms with Crippen LogP contribution in [0.4, 0.5) is 4.79 Å². The van der Waals surface area contributed by atoms with Crippen molar-refractivity contribution >= 4 is 17.4 Å². The van der Waals surface area contributed by atoms with E-state index in [1.165, 1.54) is 4.88 Å². The Morgan fingerprint density at radius 3 is 2.91 bits per heavy atom. The number of hydrogen-bond acceptors (Lipinski definition) is 5. The van der Waals surface area contributed by atoms with Gasteiger partial charge in [0.2, 0.25) is 0 Å². The molecule has 1 aliphatic heterocycles. The minimum absolute atomic E-state index is 0.190. The number of carbonyl (C=O) groups is 1. The van der Waals surface area contributed by atoms with Crippen molar-refractivity contribution in [3.63, 3.8) is 0 Å². The number of ether oxygens (including phenoxy) is 1. The highest BCUT2D eigenvalue weighted by molar-refractivity contribution is 7.11. The second-order valence-electron chi connectivity index (χ2n) is 7.36. The van der Waals surface area contributed by atoms with Gasteiger partial charge in [-0.3, -0.25) is 0 Å². The molecule has 0 aliphatic carbocycles. The summed E-state index contributed by atoms with van der Waals surface area (Å²) in [7, 11) is 0. The number of likely N-dealkylation sites (tertiary alicyclic amines) is 1. The van der Waals surface area contributed by atoms with Crippen molar-refractivity contribution in [2.45, 2.75) is 65.6 Å². The number of aryl methyl sites for hydroxylation is 1. The van der Waals surface area contributed by atoms with E-state index in [0.717, 1.165) is 37.5 Å². The minimum atomic E-state index is -0.434. The van der Waals surface area contributed by atoms with Crippen molar-refractivity contribution in [2.75, 3.05) is 13.1 Å². The van der Waals surface area contributed by atoms with E-state index in [1.807, 2.05) is 31.9 Å². The molecule has 0 saturated carbocycles. The average Bonchev–Trinajstić information content (AvgIpc) is 2.89. The van der Waals surface area contributed by atoms with Crippen LogP contribution in [0, 0.1) is 12.8 Å². The van der Waals surface area contributed by atoms with Crippen LogP contribution in [-0.4, -0.2) is 40.7 Å². The Kier molecular flexibility index (Phi) is 6.03. The molecule has 5 nitrogen and oxygen atoms in total. The first-order valence-corrected chi connectivity index (χ1v) is 9.19. The third-order valence-electron chi connectivity index (χ3n) is 4.06. The molecule has 1 aromatic heterocycles. The topological polar surface area (TPSA) is 54.5 Å². The van der Waals surface area contributed by atoms with Crippen LogP contribution in [0.5, 0.6) is 0 Å². The van der Waals surface area contributed by atoms with Crippen LogP contribution in [0.3, 0.4) is 0 Å². The van der Waals surface area contributed by atoms with E-state index >= 15 is 0 Å². The second-order valence-corrected chi connectivity index (χ2v) is 8.68. The van der Waals surface area contributed by atoms with Gasteiger partial charge in [0.15, 0.2) is 0 Å². The Hall–Kier alpha value is -1.14. The van der Waals surface area contributed by atoms with Crippen molar-refractivity contribution in [1.29, 1.82) is 0 Å². The van der Waals surface area contributed by atoms with E-state index in [4.69, 9.17) is 4.74 Å². The van der Waals surface area contributed by atoms with Gasteiger partial charge >= 0.3 is 6.09 Å². The van der Waals surface area contributed by atoms with Gasteiger partial charge in [-0.2, -0.15) is 0 Å². The molecule has 23 heavy (non-hydrogen) atoms. The molecule has 6 heteroatoms. The lowest BCUT2D eigenvalue weighted by Gasteiger charge is -2.36. The summed E-state index contributed by atoms with van der Waals surface area (Å²) < 4.78 is 5.50. The molecule has 0 bridgehead atoms. The fraction of sp³-hybridized carbons (Fsp3) is 0.765. The van der Waals surface area contributed by atoms with Crippen LogP contribution in [0.1, 0.15) is 50.4 Å². The van der Waals surface area contributed by atoms with Gasteiger partial charge in [-0.25, -0.2) is 9.78 Å². The second kappa shape index (κ2) is 7.62. The van der Waals surface area contributed by atoms with E-state index < -0.39 is 5.60 Å². The lowest BCUT2D eigenvalue weighted by Crippen LogP contribution is -2.47. The van der Waals surface area contributed by atoms with Crippen molar-refractivity contribution in [2.24, 2.45) is 5.92 Å². The van der Waals surface area contributed by atoms with Crippen molar-refractivity contribution in [3.05, 3.63) is 16.1 Å². The van der Waals surface area contributed by atoms with Gasteiger partial charge < -0.3 is 15.0 Å². The summed E-state index contributed by atoms with van der Waals surface area (Å²) in [5, 5.41) is 4.68. The van der Waals surface area contributed by atoms with Gasteiger partial charge in [-0.05, 0) is 53.4 Å². The van der Waals surface area contributed by atoms with Gasteiger partial charge in [0.25, 0.3) is 0 Å². The Morgan fingerprint density at radius 2 is 2.30 bits per heavy atom. The summed E-state index contributed by atoms with van der Waals surface area (Å²) in [4.78, 5) is 19.7. The van der Waals surface area contributed by atoms with Gasteiger partial charge in [0, 0.05) is 36.8 Å². The molecule has 130 valence electrons. The monoisotopic (exact) mass is 339 g/mol.